The Morgan fingerprint density at radius 1 is 1.35 bits per heavy atom. The van der Waals surface area contributed by atoms with Gasteiger partial charge in [-0.25, -0.2) is 0 Å². The summed E-state index contributed by atoms with van der Waals surface area (Å²) >= 11 is 10.8. The van der Waals surface area contributed by atoms with Crippen LogP contribution in [-0.2, 0) is 4.79 Å². The molecule has 0 heterocycles. The smallest absolute Gasteiger partial charge is 0.253 e. The van der Waals surface area contributed by atoms with E-state index >= 15 is 0 Å². The number of aliphatic hydroxyl groups is 1. The zero-order valence-corrected chi connectivity index (χ0v) is 10.7. The zero-order chi connectivity index (χ0) is 13.0. The molecule has 0 aliphatic carbocycles. The standard InChI is InChI=1S/C11H14Cl2N2O2/c1-6(15-11(17)10(12)13)9(16)7-2-4-8(14)5-3-7/h2-6,9-10,16H,14H2,1H3,(H,15,17). The first-order valence-electron chi connectivity index (χ1n) is 5.04. The summed E-state index contributed by atoms with van der Waals surface area (Å²) in [4.78, 5) is 10.1. The minimum absolute atomic E-state index is 0.494. The van der Waals surface area contributed by atoms with Crippen molar-refractivity contribution in [3.8, 4) is 0 Å². The molecule has 1 rings (SSSR count). The lowest BCUT2D eigenvalue weighted by Gasteiger charge is -2.21. The molecule has 17 heavy (non-hydrogen) atoms. The number of hydrogen-bond acceptors (Lipinski definition) is 3. The number of rotatable bonds is 4. The highest BCUT2D eigenvalue weighted by Crippen LogP contribution is 2.18. The molecule has 1 aromatic rings. The van der Waals surface area contributed by atoms with E-state index in [0.717, 1.165) is 0 Å². The van der Waals surface area contributed by atoms with Gasteiger partial charge in [0, 0.05) is 5.69 Å². The van der Waals surface area contributed by atoms with Gasteiger partial charge in [-0.2, -0.15) is 0 Å². The Kier molecular flexibility index (Phi) is 5.05. The van der Waals surface area contributed by atoms with Crippen molar-refractivity contribution < 1.29 is 9.90 Å². The van der Waals surface area contributed by atoms with E-state index in [0.29, 0.717) is 11.3 Å². The van der Waals surface area contributed by atoms with Crippen LogP contribution in [0.25, 0.3) is 0 Å². The number of alkyl halides is 2. The van der Waals surface area contributed by atoms with Crippen LogP contribution in [0.5, 0.6) is 0 Å². The highest BCUT2D eigenvalue weighted by Gasteiger charge is 2.20. The molecule has 0 fully saturated rings. The minimum Gasteiger partial charge on any atom is -0.399 e. The largest absolute Gasteiger partial charge is 0.399 e. The number of nitrogens with one attached hydrogen (secondary N) is 1. The molecule has 0 bridgehead atoms. The molecular weight excluding hydrogens is 263 g/mol. The SMILES string of the molecule is CC(NC(=O)C(Cl)Cl)C(O)c1ccc(N)cc1. The highest BCUT2D eigenvalue weighted by molar-refractivity contribution is 6.53. The number of hydrogen-bond donors (Lipinski definition) is 3. The number of carbonyl (C=O) groups is 1. The predicted octanol–water partition coefficient (Wildman–Crippen LogP) is 1.61. The van der Waals surface area contributed by atoms with Gasteiger partial charge in [0.05, 0.1) is 12.1 Å². The van der Waals surface area contributed by atoms with Crippen LogP contribution in [0.1, 0.15) is 18.6 Å². The Bertz CT molecular complexity index is 382. The molecule has 0 radical (unpaired) electrons. The van der Waals surface area contributed by atoms with Crippen molar-refractivity contribution in [1.29, 1.82) is 0 Å². The van der Waals surface area contributed by atoms with E-state index in [-0.39, 0.29) is 0 Å². The summed E-state index contributed by atoms with van der Waals surface area (Å²) in [5, 5.41) is 12.5. The van der Waals surface area contributed by atoms with Gasteiger partial charge < -0.3 is 16.2 Å². The predicted molar refractivity (Wildman–Crippen MR) is 68.9 cm³/mol. The van der Waals surface area contributed by atoms with Gasteiger partial charge in [-0.15, -0.1) is 0 Å². The molecule has 0 aliphatic rings. The second-order valence-electron chi connectivity index (χ2n) is 3.71. The monoisotopic (exact) mass is 276 g/mol. The van der Waals surface area contributed by atoms with Crippen molar-refractivity contribution in [2.75, 3.05) is 5.73 Å². The second-order valence-corrected chi connectivity index (χ2v) is 4.81. The first kappa shape index (κ1) is 14.1. The average molecular weight is 277 g/mol. The van der Waals surface area contributed by atoms with Gasteiger partial charge in [0.2, 0.25) is 0 Å². The topological polar surface area (TPSA) is 75.3 Å². The molecule has 4 N–H and O–H groups in total. The summed E-state index contributed by atoms with van der Waals surface area (Å²) in [6.07, 6.45) is -0.841. The van der Waals surface area contributed by atoms with E-state index in [1.807, 2.05) is 0 Å². The fourth-order valence-corrected chi connectivity index (χ4v) is 1.47. The van der Waals surface area contributed by atoms with Gasteiger partial charge >= 0.3 is 0 Å². The van der Waals surface area contributed by atoms with Gasteiger partial charge in [-0.3, -0.25) is 4.79 Å². The molecule has 4 nitrogen and oxygen atoms in total. The Labute approximate surface area is 110 Å². The van der Waals surface area contributed by atoms with E-state index in [2.05, 4.69) is 5.32 Å². The summed E-state index contributed by atoms with van der Waals surface area (Å²) in [6.45, 7) is 1.66. The molecular formula is C11H14Cl2N2O2. The third-order valence-corrected chi connectivity index (χ3v) is 2.72. The van der Waals surface area contributed by atoms with Gasteiger partial charge in [-0.1, -0.05) is 35.3 Å². The Balaban J connectivity index is 2.66. The van der Waals surface area contributed by atoms with Gasteiger partial charge in [0.1, 0.15) is 0 Å². The fourth-order valence-electron chi connectivity index (χ4n) is 1.35. The van der Waals surface area contributed by atoms with Crippen LogP contribution >= 0.6 is 23.2 Å². The normalized spacial score (nSPS) is 14.4. The molecule has 0 spiro atoms. The fraction of sp³-hybridized carbons (Fsp3) is 0.364. The summed E-state index contributed by atoms with van der Waals surface area (Å²) in [7, 11) is 0. The Hall–Kier alpha value is -0.970. The van der Waals surface area contributed by atoms with Crippen LogP contribution in [0.2, 0.25) is 0 Å². The van der Waals surface area contributed by atoms with Gasteiger partial charge in [-0.05, 0) is 24.6 Å². The number of nitrogen functional groups attached to an aromatic ring is 1. The number of carbonyl (C=O) groups excluding carboxylic acids is 1. The number of benzene rings is 1. The summed E-state index contributed by atoms with van der Waals surface area (Å²) in [6, 6.07) is 6.26. The summed E-state index contributed by atoms with van der Waals surface area (Å²) in [5.74, 6) is -0.532. The molecule has 2 unspecified atom stereocenters. The van der Waals surface area contributed by atoms with Crippen LogP contribution in [-0.4, -0.2) is 21.9 Å². The first-order chi connectivity index (χ1) is 7.91. The molecule has 1 amide bonds. The van der Waals surface area contributed by atoms with Crippen molar-refractivity contribution in [1.82, 2.24) is 5.32 Å². The average Bonchev–Trinajstić information content (AvgIpc) is 2.28. The van der Waals surface area contributed by atoms with E-state index in [1.54, 1.807) is 31.2 Å². The van der Waals surface area contributed by atoms with Crippen LogP contribution < -0.4 is 11.1 Å². The van der Waals surface area contributed by atoms with Crippen molar-refractivity contribution in [2.45, 2.75) is 23.9 Å². The van der Waals surface area contributed by atoms with E-state index in [9.17, 15) is 9.90 Å². The number of nitrogens with two attached hydrogens (primary N) is 1. The molecule has 94 valence electrons. The second kappa shape index (κ2) is 6.10. The van der Waals surface area contributed by atoms with Crippen molar-refractivity contribution in [2.24, 2.45) is 0 Å². The van der Waals surface area contributed by atoms with E-state index < -0.39 is 22.9 Å². The molecule has 0 saturated carbocycles. The highest BCUT2D eigenvalue weighted by atomic mass is 35.5. The van der Waals surface area contributed by atoms with Crippen molar-refractivity contribution in [3.05, 3.63) is 29.8 Å². The number of halogens is 2. The van der Waals surface area contributed by atoms with Gasteiger partial charge in [0.25, 0.3) is 5.91 Å². The molecule has 6 heteroatoms. The van der Waals surface area contributed by atoms with Crippen molar-refractivity contribution in [3.63, 3.8) is 0 Å². The maximum Gasteiger partial charge on any atom is 0.253 e. The molecule has 1 aromatic carbocycles. The van der Waals surface area contributed by atoms with Crippen LogP contribution in [0, 0.1) is 0 Å². The maximum absolute atomic E-state index is 11.2. The maximum atomic E-state index is 11.2. The van der Waals surface area contributed by atoms with Gasteiger partial charge in [0.15, 0.2) is 4.84 Å². The Morgan fingerprint density at radius 2 is 1.88 bits per heavy atom. The molecule has 0 aromatic heterocycles. The van der Waals surface area contributed by atoms with Crippen LogP contribution in [0.4, 0.5) is 5.69 Å². The molecule has 2 atom stereocenters. The zero-order valence-electron chi connectivity index (χ0n) is 9.23. The Morgan fingerprint density at radius 3 is 2.35 bits per heavy atom. The third kappa shape index (κ3) is 4.07. The quantitative estimate of drug-likeness (QED) is 0.578. The van der Waals surface area contributed by atoms with E-state index in [1.165, 1.54) is 0 Å². The minimum atomic E-state index is -1.14. The number of aliphatic hydroxyl groups excluding tert-OH is 1. The lowest BCUT2D eigenvalue weighted by atomic mass is 10.0. The van der Waals surface area contributed by atoms with Crippen LogP contribution in [0.3, 0.4) is 0 Å². The first-order valence-corrected chi connectivity index (χ1v) is 5.91. The molecule has 0 saturated heterocycles. The summed E-state index contributed by atoms with van der Waals surface area (Å²) < 4.78 is 0. The summed E-state index contributed by atoms with van der Waals surface area (Å²) in [5.41, 5.74) is 6.81. The van der Waals surface area contributed by atoms with E-state index in [4.69, 9.17) is 28.9 Å². The number of anilines is 1. The lowest BCUT2D eigenvalue weighted by Crippen LogP contribution is -2.39. The number of amides is 1. The third-order valence-electron chi connectivity index (χ3n) is 2.32. The van der Waals surface area contributed by atoms with Crippen molar-refractivity contribution >= 4 is 34.8 Å². The lowest BCUT2D eigenvalue weighted by molar-refractivity contribution is -0.120. The van der Waals surface area contributed by atoms with Crippen LogP contribution in [0.15, 0.2) is 24.3 Å². The molecule has 0 aliphatic heterocycles.